The van der Waals surface area contributed by atoms with Crippen molar-refractivity contribution < 1.29 is 0 Å². The molecular formula is C13H26N. The van der Waals surface area contributed by atoms with Gasteiger partial charge < -0.3 is 5.32 Å². The summed E-state index contributed by atoms with van der Waals surface area (Å²) in [4.78, 5) is 0. The zero-order chi connectivity index (χ0) is 10.1. The normalized spacial score (nSPS) is 18.6. The van der Waals surface area contributed by atoms with Gasteiger partial charge in [0.05, 0.1) is 0 Å². The standard InChI is InChI=1S/C13H26N/c1-2-3-4-5-6-7-8-13-9-11-14-12-10-13/h13-14H,1-12H2. The maximum absolute atomic E-state index is 3.87. The van der Waals surface area contributed by atoms with Crippen molar-refractivity contribution in [2.24, 2.45) is 5.92 Å². The molecule has 1 aliphatic heterocycles. The van der Waals surface area contributed by atoms with E-state index in [2.05, 4.69) is 12.2 Å². The summed E-state index contributed by atoms with van der Waals surface area (Å²) < 4.78 is 0. The van der Waals surface area contributed by atoms with E-state index in [9.17, 15) is 0 Å². The van der Waals surface area contributed by atoms with Gasteiger partial charge in [0, 0.05) is 0 Å². The minimum atomic E-state index is 1.03. The van der Waals surface area contributed by atoms with Gasteiger partial charge in [0.1, 0.15) is 0 Å². The Morgan fingerprint density at radius 2 is 1.57 bits per heavy atom. The SMILES string of the molecule is [CH2]CCCCCCCC1CCNCC1. The van der Waals surface area contributed by atoms with Crippen LogP contribution in [0, 0.1) is 12.8 Å². The van der Waals surface area contributed by atoms with Gasteiger partial charge in [-0.15, -0.1) is 0 Å². The summed E-state index contributed by atoms with van der Waals surface area (Å²) in [5.41, 5.74) is 0. The molecule has 1 saturated heterocycles. The van der Waals surface area contributed by atoms with Gasteiger partial charge in [-0.1, -0.05) is 51.9 Å². The van der Waals surface area contributed by atoms with Crippen LogP contribution in [0.25, 0.3) is 0 Å². The lowest BCUT2D eigenvalue weighted by atomic mass is 9.92. The molecule has 0 aromatic rings. The molecule has 1 radical (unpaired) electrons. The lowest BCUT2D eigenvalue weighted by Gasteiger charge is -2.22. The summed E-state index contributed by atoms with van der Waals surface area (Å²) in [6.07, 6.45) is 12.5. The average molecular weight is 196 g/mol. The van der Waals surface area contributed by atoms with Crippen LogP contribution in [0.3, 0.4) is 0 Å². The van der Waals surface area contributed by atoms with Crippen LogP contribution in [-0.2, 0) is 0 Å². The number of hydrogen-bond donors (Lipinski definition) is 1. The summed E-state index contributed by atoms with van der Waals surface area (Å²) in [6.45, 7) is 6.38. The van der Waals surface area contributed by atoms with Crippen molar-refractivity contribution in [3.63, 3.8) is 0 Å². The lowest BCUT2D eigenvalue weighted by Crippen LogP contribution is -2.27. The van der Waals surface area contributed by atoms with Crippen LogP contribution in [0.1, 0.15) is 57.8 Å². The van der Waals surface area contributed by atoms with E-state index < -0.39 is 0 Å². The van der Waals surface area contributed by atoms with Crippen molar-refractivity contribution in [1.29, 1.82) is 0 Å². The summed E-state index contributed by atoms with van der Waals surface area (Å²) in [7, 11) is 0. The Bertz CT molecular complexity index is 116. The Morgan fingerprint density at radius 3 is 2.29 bits per heavy atom. The van der Waals surface area contributed by atoms with Gasteiger partial charge in [-0.05, 0) is 31.8 Å². The van der Waals surface area contributed by atoms with Crippen molar-refractivity contribution in [3.8, 4) is 0 Å². The molecule has 1 fully saturated rings. The monoisotopic (exact) mass is 196 g/mol. The molecule has 83 valence electrons. The van der Waals surface area contributed by atoms with E-state index in [-0.39, 0.29) is 0 Å². The molecule has 1 aliphatic rings. The predicted octanol–water partition coefficient (Wildman–Crippen LogP) is 3.55. The van der Waals surface area contributed by atoms with Crippen LogP contribution in [0.4, 0.5) is 0 Å². The fraction of sp³-hybridized carbons (Fsp3) is 0.923. The molecule has 0 aliphatic carbocycles. The Kier molecular flexibility index (Phi) is 7.12. The third kappa shape index (κ3) is 5.64. The van der Waals surface area contributed by atoms with Crippen LogP contribution in [0.2, 0.25) is 0 Å². The highest BCUT2D eigenvalue weighted by atomic mass is 14.9. The third-order valence-electron chi connectivity index (χ3n) is 3.32. The van der Waals surface area contributed by atoms with Gasteiger partial charge in [-0.25, -0.2) is 0 Å². The molecule has 14 heavy (non-hydrogen) atoms. The first-order chi connectivity index (χ1) is 6.93. The number of hydrogen-bond acceptors (Lipinski definition) is 1. The van der Waals surface area contributed by atoms with Crippen LogP contribution in [0.5, 0.6) is 0 Å². The number of unbranched alkanes of at least 4 members (excludes halogenated alkanes) is 5. The molecule has 0 atom stereocenters. The first-order valence-corrected chi connectivity index (χ1v) is 6.43. The summed E-state index contributed by atoms with van der Waals surface area (Å²) in [5.74, 6) is 1.03. The molecular weight excluding hydrogens is 170 g/mol. The number of piperidine rings is 1. The van der Waals surface area contributed by atoms with Crippen molar-refractivity contribution in [3.05, 3.63) is 6.92 Å². The highest BCUT2D eigenvalue weighted by molar-refractivity contribution is 4.68. The minimum Gasteiger partial charge on any atom is -0.317 e. The molecule has 0 amide bonds. The molecule has 0 aromatic heterocycles. The van der Waals surface area contributed by atoms with Crippen LogP contribution in [-0.4, -0.2) is 13.1 Å². The Labute approximate surface area is 89.7 Å². The Balaban J connectivity index is 1.82. The van der Waals surface area contributed by atoms with E-state index in [1.165, 1.54) is 64.5 Å². The highest BCUT2D eigenvalue weighted by Crippen LogP contribution is 2.19. The van der Waals surface area contributed by atoms with Gasteiger partial charge in [-0.2, -0.15) is 0 Å². The van der Waals surface area contributed by atoms with E-state index in [1.807, 2.05) is 0 Å². The van der Waals surface area contributed by atoms with Crippen LogP contribution >= 0.6 is 0 Å². The van der Waals surface area contributed by atoms with E-state index in [1.54, 1.807) is 0 Å². The zero-order valence-corrected chi connectivity index (χ0v) is 9.56. The second kappa shape index (κ2) is 8.28. The maximum atomic E-state index is 3.87. The largest absolute Gasteiger partial charge is 0.317 e. The fourth-order valence-corrected chi connectivity index (χ4v) is 2.31. The molecule has 0 unspecified atom stereocenters. The van der Waals surface area contributed by atoms with Crippen LogP contribution < -0.4 is 5.32 Å². The average Bonchev–Trinajstić information content (AvgIpc) is 2.25. The van der Waals surface area contributed by atoms with Gasteiger partial charge in [-0.3, -0.25) is 0 Å². The summed E-state index contributed by atoms with van der Waals surface area (Å²) >= 11 is 0. The molecule has 0 spiro atoms. The summed E-state index contributed by atoms with van der Waals surface area (Å²) in [5, 5.41) is 3.43. The predicted molar refractivity (Wildman–Crippen MR) is 63.3 cm³/mol. The van der Waals surface area contributed by atoms with Gasteiger partial charge in [0.2, 0.25) is 0 Å². The van der Waals surface area contributed by atoms with E-state index >= 15 is 0 Å². The van der Waals surface area contributed by atoms with E-state index in [4.69, 9.17) is 0 Å². The second-order valence-corrected chi connectivity index (χ2v) is 4.60. The Morgan fingerprint density at radius 1 is 0.929 bits per heavy atom. The molecule has 0 saturated carbocycles. The molecule has 1 nitrogen and oxygen atoms in total. The van der Waals surface area contributed by atoms with Crippen molar-refractivity contribution in [1.82, 2.24) is 5.32 Å². The van der Waals surface area contributed by atoms with Gasteiger partial charge in [0.15, 0.2) is 0 Å². The highest BCUT2D eigenvalue weighted by Gasteiger charge is 2.11. The lowest BCUT2D eigenvalue weighted by molar-refractivity contribution is 0.342. The van der Waals surface area contributed by atoms with Gasteiger partial charge >= 0.3 is 0 Å². The van der Waals surface area contributed by atoms with Crippen molar-refractivity contribution >= 4 is 0 Å². The van der Waals surface area contributed by atoms with Crippen molar-refractivity contribution in [2.45, 2.75) is 57.8 Å². The minimum absolute atomic E-state index is 1.03. The summed E-state index contributed by atoms with van der Waals surface area (Å²) in [6, 6.07) is 0. The first-order valence-electron chi connectivity index (χ1n) is 6.43. The molecule has 1 N–H and O–H groups in total. The molecule has 1 heteroatoms. The topological polar surface area (TPSA) is 12.0 Å². The number of nitrogens with one attached hydrogen (secondary N) is 1. The van der Waals surface area contributed by atoms with Gasteiger partial charge in [0.25, 0.3) is 0 Å². The molecule has 1 heterocycles. The maximum Gasteiger partial charge on any atom is -0.00463 e. The van der Waals surface area contributed by atoms with E-state index in [0.29, 0.717) is 0 Å². The third-order valence-corrected chi connectivity index (χ3v) is 3.32. The number of rotatable bonds is 7. The van der Waals surface area contributed by atoms with Crippen LogP contribution in [0.15, 0.2) is 0 Å². The second-order valence-electron chi connectivity index (χ2n) is 4.60. The molecule has 0 aromatic carbocycles. The smallest absolute Gasteiger partial charge is 0.00463 e. The molecule has 1 rings (SSSR count). The van der Waals surface area contributed by atoms with Crippen molar-refractivity contribution in [2.75, 3.05) is 13.1 Å². The zero-order valence-electron chi connectivity index (χ0n) is 9.56. The van der Waals surface area contributed by atoms with E-state index in [0.717, 1.165) is 12.3 Å². The quantitative estimate of drug-likeness (QED) is 0.614. The Hall–Kier alpha value is -0.0400. The fourth-order valence-electron chi connectivity index (χ4n) is 2.31. The first kappa shape index (κ1) is 12.0. The molecule has 0 bridgehead atoms.